The van der Waals surface area contributed by atoms with Crippen molar-refractivity contribution >= 4 is 34.8 Å². The normalized spacial score (nSPS) is 21.6. The summed E-state index contributed by atoms with van der Waals surface area (Å²) in [6.07, 6.45) is 2.95. The van der Waals surface area contributed by atoms with E-state index in [2.05, 4.69) is 19.2 Å². The van der Waals surface area contributed by atoms with E-state index in [9.17, 15) is 14.3 Å². The molecule has 0 aliphatic carbocycles. The van der Waals surface area contributed by atoms with Crippen LogP contribution in [-0.4, -0.2) is 34.2 Å². The topological polar surface area (TPSA) is 52.6 Å². The third-order valence-electron chi connectivity index (χ3n) is 5.92. The summed E-state index contributed by atoms with van der Waals surface area (Å²) in [5, 5.41) is 14.4. The molecule has 2 unspecified atom stereocenters. The molecule has 2 aromatic rings. The van der Waals surface area contributed by atoms with Crippen LogP contribution in [0.15, 0.2) is 42.5 Å². The quantitative estimate of drug-likeness (QED) is 0.485. The lowest BCUT2D eigenvalue weighted by Gasteiger charge is -2.36. The smallest absolute Gasteiger partial charge is 0.242 e. The molecular weight excluding hydrogens is 438 g/mol. The first-order valence-electron chi connectivity index (χ1n) is 10.8. The molecular formula is C24H29Cl2FN2O2. The van der Waals surface area contributed by atoms with Gasteiger partial charge >= 0.3 is 0 Å². The maximum Gasteiger partial charge on any atom is 0.242 e. The molecule has 3 atom stereocenters. The number of carbonyl (C=O) groups excluding carboxylic acids is 1. The lowest BCUT2D eigenvalue weighted by molar-refractivity contribution is -0.125. The molecule has 0 bridgehead atoms. The highest BCUT2D eigenvalue weighted by molar-refractivity contribution is 6.31. The molecule has 2 N–H and O–H groups in total. The number of rotatable bonds is 8. The van der Waals surface area contributed by atoms with Gasteiger partial charge in [-0.2, -0.15) is 0 Å². The van der Waals surface area contributed by atoms with E-state index in [0.717, 1.165) is 25.7 Å². The molecule has 1 fully saturated rings. The number of anilines is 1. The van der Waals surface area contributed by atoms with Crippen LogP contribution in [0.2, 0.25) is 10.0 Å². The summed E-state index contributed by atoms with van der Waals surface area (Å²) in [7, 11) is 0. The van der Waals surface area contributed by atoms with E-state index >= 15 is 0 Å². The summed E-state index contributed by atoms with van der Waals surface area (Å²) in [6, 6.07) is 11.0. The van der Waals surface area contributed by atoms with Crippen LogP contribution >= 0.6 is 23.2 Å². The first kappa shape index (κ1) is 24.0. The van der Waals surface area contributed by atoms with Gasteiger partial charge in [0.15, 0.2) is 0 Å². The molecule has 0 saturated carbocycles. The Morgan fingerprint density at radius 1 is 1.19 bits per heavy atom. The van der Waals surface area contributed by atoms with E-state index in [1.807, 2.05) is 4.90 Å². The zero-order chi connectivity index (χ0) is 22.5. The van der Waals surface area contributed by atoms with Crippen LogP contribution in [0.4, 0.5) is 10.1 Å². The van der Waals surface area contributed by atoms with Crippen molar-refractivity contribution in [1.29, 1.82) is 0 Å². The Morgan fingerprint density at radius 3 is 2.52 bits per heavy atom. The fourth-order valence-corrected chi connectivity index (χ4v) is 5.03. The molecule has 4 nitrogen and oxygen atoms in total. The summed E-state index contributed by atoms with van der Waals surface area (Å²) >= 11 is 12.1. The lowest BCUT2D eigenvalue weighted by atomic mass is 9.89. The molecule has 7 heteroatoms. The second kappa shape index (κ2) is 10.8. The maximum atomic E-state index is 14.9. The highest BCUT2D eigenvalue weighted by Gasteiger charge is 2.48. The maximum absolute atomic E-state index is 14.9. The zero-order valence-corrected chi connectivity index (χ0v) is 19.3. The van der Waals surface area contributed by atoms with Crippen molar-refractivity contribution in [2.24, 2.45) is 0 Å². The number of hydrogen-bond acceptors (Lipinski definition) is 3. The second-order valence-electron chi connectivity index (χ2n) is 8.09. The minimum absolute atomic E-state index is 0.0121. The standard InChI is InChI=1S/C24H29Cl2FN2O2/c1-3-7-17(8-4-2)29-21(30)14-19(18-11-6-12-20(26)22(18)27)23(29)24(31)28-16-10-5-9-15(25)13-16/h5-6,9-13,17,19,21,23,30H,3-4,7-8,14H2,1-2H3,(H,28,31)/t19?,21-,23?/m0/s1. The number of carbonyl (C=O) groups is 1. The molecule has 168 valence electrons. The third-order valence-corrected chi connectivity index (χ3v) is 6.45. The molecule has 31 heavy (non-hydrogen) atoms. The van der Waals surface area contributed by atoms with Gasteiger partial charge in [0, 0.05) is 22.7 Å². The highest BCUT2D eigenvalue weighted by atomic mass is 35.5. The highest BCUT2D eigenvalue weighted by Crippen LogP contribution is 2.42. The van der Waals surface area contributed by atoms with Gasteiger partial charge in [-0.05, 0) is 49.1 Å². The van der Waals surface area contributed by atoms with Crippen LogP contribution in [0.25, 0.3) is 0 Å². The van der Waals surface area contributed by atoms with E-state index < -0.39 is 24.0 Å². The van der Waals surface area contributed by atoms with Crippen molar-refractivity contribution in [2.45, 2.75) is 70.2 Å². The van der Waals surface area contributed by atoms with Crippen LogP contribution in [0.5, 0.6) is 0 Å². The number of nitrogens with one attached hydrogen (secondary N) is 1. The SMILES string of the molecule is CCCC(CCC)N1C(C(=O)Nc2cccc(Cl)c2)C(c2cccc(Cl)c2F)C[C@@H]1O. The van der Waals surface area contributed by atoms with Crippen molar-refractivity contribution in [3.8, 4) is 0 Å². The van der Waals surface area contributed by atoms with Gasteiger partial charge in [-0.1, -0.05) is 68.1 Å². The minimum Gasteiger partial charge on any atom is -0.378 e. The number of amides is 1. The van der Waals surface area contributed by atoms with Gasteiger partial charge in [0.05, 0.1) is 11.1 Å². The van der Waals surface area contributed by atoms with Gasteiger partial charge in [-0.25, -0.2) is 4.39 Å². The fourth-order valence-electron chi connectivity index (χ4n) is 4.65. The predicted octanol–water partition coefficient (Wildman–Crippen LogP) is 6.22. The van der Waals surface area contributed by atoms with Gasteiger partial charge in [0.25, 0.3) is 0 Å². The largest absolute Gasteiger partial charge is 0.378 e. The van der Waals surface area contributed by atoms with Gasteiger partial charge in [0.1, 0.15) is 12.0 Å². The second-order valence-corrected chi connectivity index (χ2v) is 8.93. The van der Waals surface area contributed by atoms with E-state index in [0.29, 0.717) is 16.3 Å². The van der Waals surface area contributed by atoms with Crippen molar-refractivity contribution in [1.82, 2.24) is 4.90 Å². The van der Waals surface area contributed by atoms with Gasteiger partial charge < -0.3 is 10.4 Å². The molecule has 0 aromatic heterocycles. The average Bonchev–Trinajstić information content (AvgIpc) is 3.07. The summed E-state index contributed by atoms with van der Waals surface area (Å²) in [4.78, 5) is 15.4. The summed E-state index contributed by atoms with van der Waals surface area (Å²) in [5.74, 6) is -1.35. The Hall–Kier alpha value is -1.66. The Bertz CT molecular complexity index is 905. The first-order chi connectivity index (χ1) is 14.9. The molecule has 1 aliphatic rings. The van der Waals surface area contributed by atoms with Gasteiger partial charge in [-0.15, -0.1) is 0 Å². The molecule has 1 saturated heterocycles. The molecule has 0 radical (unpaired) electrons. The summed E-state index contributed by atoms with van der Waals surface area (Å²) < 4.78 is 14.9. The van der Waals surface area contributed by atoms with Crippen molar-refractivity contribution in [3.63, 3.8) is 0 Å². The van der Waals surface area contributed by atoms with E-state index in [-0.39, 0.29) is 23.4 Å². The molecule has 1 heterocycles. The average molecular weight is 467 g/mol. The lowest BCUT2D eigenvalue weighted by Crippen LogP contribution is -2.50. The molecule has 3 rings (SSSR count). The van der Waals surface area contributed by atoms with E-state index in [1.165, 1.54) is 6.07 Å². The number of likely N-dealkylation sites (tertiary alicyclic amines) is 1. The molecule has 2 aromatic carbocycles. The Labute approximate surface area is 193 Å². The number of halogens is 3. The number of nitrogens with zero attached hydrogens (tertiary/aromatic N) is 1. The molecule has 1 amide bonds. The monoisotopic (exact) mass is 466 g/mol. The van der Waals surface area contributed by atoms with Crippen molar-refractivity contribution in [2.75, 3.05) is 5.32 Å². The number of benzene rings is 2. The zero-order valence-electron chi connectivity index (χ0n) is 17.8. The first-order valence-corrected chi connectivity index (χ1v) is 11.6. The van der Waals surface area contributed by atoms with E-state index in [1.54, 1.807) is 36.4 Å². The predicted molar refractivity (Wildman–Crippen MR) is 124 cm³/mol. The van der Waals surface area contributed by atoms with Gasteiger partial charge in [-0.3, -0.25) is 9.69 Å². The van der Waals surface area contributed by atoms with Crippen LogP contribution in [0.3, 0.4) is 0 Å². The van der Waals surface area contributed by atoms with E-state index in [4.69, 9.17) is 23.2 Å². The van der Waals surface area contributed by atoms with Crippen LogP contribution in [0, 0.1) is 5.82 Å². The Balaban J connectivity index is 2.01. The fraction of sp³-hybridized carbons (Fsp3) is 0.458. The number of aliphatic hydroxyl groups excluding tert-OH is 1. The summed E-state index contributed by atoms with van der Waals surface area (Å²) in [6.45, 7) is 4.17. The van der Waals surface area contributed by atoms with Gasteiger partial charge in [0.2, 0.25) is 5.91 Å². The molecule has 0 spiro atoms. The van der Waals surface area contributed by atoms with Crippen LogP contribution in [-0.2, 0) is 4.79 Å². The third kappa shape index (κ3) is 5.40. The Kier molecular flexibility index (Phi) is 8.34. The van der Waals surface area contributed by atoms with Crippen molar-refractivity contribution in [3.05, 3.63) is 63.9 Å². The van der Waals surface area contributed by atoms with Crippen molar-refractivity contribution < 1.29 is 14.3 Å². The number of hydrogen-bond donors (Lipinski definition) is 2. The summed E-state index contributed by atoms with van der Waals surface area (Å²) in [5.41, 5.74) is 0.915. The number of aliphatic hydroxyl groups is 1. The Morgan fingerprint density at radius 2 is 1.87 bits per heavy atom. The van der Waals surface area contributed by atoms with Crippen LogP contribution < -0.4 is 5.32 Å². The molecule has 1 aliphatic heterocycles. The minimum atomic E-state index is -0.846. The van der Waals surface area contributed by atoms with Crippen LogP contribution in [0.1, 0.15) is 57.4 Å².